The number of rotatable bonds is 3. The van der Waals surface area contributed by atoms with Gasteiger partial charge in [0.1, 0.15) is 11.6 Å². The molecule has 1 saturated carbocycles. The van der Waals surface area contributed by atoms with Crippen LogP contribution in [0.5, 0.6) is 0 Å². The molecule has 2 aromatic carbocycles. The molecule has 34 heavy (non-hydrogen) atoms. The average molecular weight is 487 g/mol. The summed E-state index contributed by atoms with van der Waals surface area (Å²) in [5.74, 6) is -0.784. The maximum Gasteiger partial charge on any atom is 0.411 e. The van der Waals surface area contributed by atoms with Crippen LogP contribution in [0.2, 0.25) is 5.02 Å². The molecule has 0 spiro atoms. The lowest BCUT2D eigenvalue weighted by atomic mass is 9.82. The van der Waals surface area contributed by atoms with E-state index in [0.29, 0.717) is 22.6 Å². The van der Waals surface area contributed by atoms with Gasteiger partial charge in [-0.05, 0) is 57.1 Å². The number of nitrogens with one attached hydrogen (secondary N) is 1. The van der Waals surface area contributed by atoms with Crippen LogP contribution in [0.1, 0.15) is 54.4 Å². The Morgan fingerprint density at radius 3 is 2.32 bits per heavy atom. The minimum absolute atomic E-state index is 0.0527. The maximum absolute atomic E-state index is 15.4. The number of piperidine rings is 1. The topological polar surface area (TPSA) is 58.6 Å². The van der Waals surface area contributed by atoms with E-state index in [4.69, 9.17) is 16.3 Å². The van der Waals surface area contributed by atoms with E-state index in [1.165, 1.54) is 6.07 Å². The van der Waals surface area contributed by atoms with Gasteiger partial charge in [-0.15, -0.1) is 0 Å². The summed E-state index contributed by atoms with van der Waals surface area (Å²) < 4.78 is 21.1. The summed E-state index contributed by atoms with van der Waals surface area (Å²) in [7, 11) is 0. The van der Waals surface area contributed by atoms with Crippen LogP contribution in [0.4, 0.5) is 14.9 Å². The molecule has 2 amide bonds. The van der Waals surface area contributed by atoms with Gasteiger partial charge in [0.25, 0.3) is 0 Å². The molecule has 182 valence electrons. The highest BCUT2D eigenvalue weighted by molar-refractivity contribution is 6.33. The van der Waals surface area contributed by atoms with Crippen molar-refractivity contribution in [1.29, 1.82) is 0 Å². The Morgan fingerprint density at radius 1 is 1.06 bits per heavy atom. The van der Waals surface area contributed by atoms with E-state index >= 15 is 4.39 Å². The number of carbonyl (C=O) groups excluding carboxylic acids is 2. The van der Waals surface area contributed by atoms with Crippen LogP contribution in [0.3, 0.4) is 0 Å². The summed E-state index contributed by atoms with van der Waals surface area (Å²) in [5, 5.41) is 3.15. The Balaban J connectivity index is 1.64. The molecule has 1 aliphatic heterocycles. The molecular weight excluding hydrogens is 455 g/mol. The molecule has 5 nitrogen and oxygen atoms in total. The Kier molecular flexibility index (Phi) is 5.96. The van der Waals surface area contributed by atoms with Crippen LogP contribution < -0.4 is 5.32 Å². The number of hydrogen-bond donors (Lipinski definition) is 1. The predicted octanol–water partition coefficient (Wildman–Crippen LogP) is 6.90. The van der Waals surface area contributed by atoms with Crippen molar-refractivity contribution in [1.82, 2.24) is 4.90 Å². The van der Waals surface area contributed by atoms with Crippen LogP contribution in [-0.4, -0.2) is 34.1 Å². The summed E-state index contributed by atoms with van der Waals surface area (Å²) in [4.78, 5) is 28.4. The van der Waals surface area contributed by atoms with Crippen molar-refractivity contribution in [2.45, 2.75) is 71.6 Å². The molecule has 3 atom stereocenters. The third kappa shape index (κ3) is 4.17. The number of anilines is 1. The van der Waals surface area contributed by atoms with E-state index in [-0.39, 0.29) is 17.0 Å². The van der Waals surface area contributed by atoms with Gasteiger partial charge >= 0.3 is 6.09 Å². The van der Waals surface area contributed by atoms with E-state index in [2.05, 4.69) is 26.1 Å². The normalized spacial score (nSPS) is 23.9. The third-order valence-corrected chi connectivity index (χ3v) is 7.26. The second-order valence-electron chi connectivity index (χ2n) is 11.3. The molecular formula is C27H32ClFN2O3. The Labute approximate surface area is 205 Å². The number of amides is 2. The summed E-state index contributed by atoms with van der Waals surface area (Å²) >= 11 is 6.27. The van der Waals surface area contributed by atoms with Crippen LogP contribution in [-0.2, 0) is 9.53 Å². The molecule has 2 fully saturated rings. The standard InChI is InChI=1S/C27H32ClFN2O3/c1-25(2,3)27-15-16(27)14-21(31(27)24(33)34-26(4,5)6)23(32)30-20-13-9-11-18(22(20)29)17-10-7-8-12-19(17)28/h7-13,16,21H,14-15H2,1-6H3,(H,30,32)/t16-,21+,27-/m1/s1. The minimum atomic E-state index is -0.740. The Bertz CT molecular complexity index is 1140. The average Bonchev–Trinajstić information content (AvgIpc) is 3.34. The molecule has 0 radical (unpaired) electrons. The maximum atomic E-state index is 15.4. The number of likely N-dealkylation sites (tertiary alicyclic amines) is 1. The smallest absolute Gasteiger partial charge is 0.411 e. The number of hydrogen-bond acceptors (Lipinski definition) is 3. The van der Waals surface area contributed by atoms with E-state index in [9.17, 15) is 9.59 Å². The van der Waals surface area contributed by atoms with Crippen molar-refractivity contribution in [3.8, 4) is 11.1 Å². The highest BCUT2D eigenvalue weighted by Crippen LogP contribution is 2.66. The molecule has 2 aromatic rings. The lowest BCUT2D eigenvalue weighted by Crippen LogP contribution is -2.55. The largest absolute Gasteiger partial charge is 0.444 e. The van der Waals surface area contributed by atoms with Crippen LogP contribution in [0.25, 0.3) is 11.1 Å². The molecule has 1 heterocycles. The number of carbonyl (C=O) groups is 2. The van der Waals surface area contributed by atoms with Gasteiger partial charge in [-0.2, -0.15) is 0 Å². The fourth-order valence-corrected chi connectivity index (χ4v) is 5.62. The van der Waals surface area contributed by atoms with E-state index < -0.39 is 35.0 Å². The number of halogens is 2. The SMILES string of the molecule is CC(C)(C)OC(=O)N1[C@H](C(=O)Nc2cccc(-c3ccccc3Cl)c2F)C[C@@H]2C[C@]21C(C)(C)C. The first-order valence-corrected chi connectivity index (χ1v) is 12.0. The lowest BCUT2D eigenvalue weighted by Gasteiger charge is -2.41. The van der Waals surface area contributed by atoms with Gasteiger partial charge in [0.2, 0.25) is 5.91 Å². The van der Waals surface area contributed by atoms with Crippen molar-refractivity contribution in [3.05, 3.63) is 53.3 Å². The van der Waals surface area contributed by atoms with Crippen molar-refractivity contribution >= 4 is 29.3 Å². The highest BCUT2D eigenvalue weighted by Gasteiger charge is 2.73. The van der Waals surface area contributed by atoms with Gasteiger partial charge in [-0.25, -0.2) is 9.18 Å². The number of benzene rings is 2. The predicted molar refractivity (Wildman–Crippen MR) is 132 cm³/mol. The molecule has 4 rings (SSSR count). The van der Waals surface area contributed by atoms with Crippen molar-refractivity contribution in [2.24, 2.45) is 11.3 Å². The summed E-state index contributed by atoms with van der Waals surface area (Å²) in [6.45, 7) is 11.7. The van der Waals surface area contributed by atoms with E-state index in [0.717, 1.165) is 6.42 Å². The van der Waals surface area contributed by atoms with Crippen molar-refractivity contribution in [3.63, 3.8) is 0 Å². The summed E-state index contributed by atoms with van der Waals surface area (Å²) in [5.41, 5.74) is -0.486. The highest BCUT2D eigenvalue weighted by atomic mass is 35.5. The van der Waals surface area contributed by atoms with Crippen molar-refractivity contribution in [2.75, 3.05) is 5.32 Å². The second kappa shape index (κ2) is 8.26. The zero-order chi connectivity index (χ0) is 25.1. The third-order valence-electron chi connectivity index (χ3n) is 6.93. The Hall–Kier alpha value is -2.60. The fourth-order valence-electron chi connectivity index (χ4n) is 5.38. The van der Waals surface area contributed by atoms with Crippen LogP contribution >= 0.6 is 11.6 Å². The van der Waals surface area contributed by atoms with Crippen LogP contribution in [0, 0.1) is 17.2 Å². The lowest BCUT2D eigenvalue weighted by molar-refractivity contribution is -0.122. The monoisotopic (exact) mass is 486 g/mol. The minimum Gasteiger partial charge on any atom is -0.444 e. The van der Waals surface area contributed by atoms with Gasteiger partial charge in [-0.3, -0.25) is 9.69 Å². The van der Waals surface area contributed by atoms with E-state index in [1.807, 2.05) is 0 Å². The molecule has 1 N–H and O–H groups in total. The second-order valence-corrected chi connectivity index (χ2v) is 11.7. The molecule has 7 heteroatoms. The number of ether oxygens (including phenoxy) is 1. The first-order valence-electron chi connectivity index (χ1n) is 11.6. The van der Waals surface area contributed by atoms with Crippen LogP contribution in [0.15, 0.2) is 42.5 Å². The quantitative estimate of drug-likeness (QED) is 0.513. The Morgan fingerprint density at radius 2 is 1.71 bits per heavy atom. The molecule has 1 aliphatic carbocycles. The first-order chi connectivity index (χ1) is 15.8. The summed E-state index contributed by atoms with van der Waals surface area (Å²) in [6, 6.07) is 11.0. The first kappa shape index (κ1) is 24.5. The zero-order valence-corrected chi connectivity index (χ0v) is 21.3. The zero-order valence-electron chi connectivity index (χ0n) is 20.5. The van der Waals surface area contributed by atoms with Gasteiger partial charge in [0, 0.05) is 16.1 Å². The molecule has 0 unspecified atom stereocenters. The van der Waals surface area contributed by atoms with Gasteiger partial charge in [-0.1, -0.05) is 62.7 Å². The molecule has 2 aliphatic rings. The molecule has 0 aromatic heterocycles. The van der Waals surface area contributed by atoms with Gasteiger partial charge < -0.3 is 10.1 Å². The van der Waals surface area contributed by atoms with Gasteiger partial charge in [0.15, 0.2) is 5.82 Å². The summed E-state index contributed by atoms with van der Waals surface area (Å²) in [6.07, 6.45) is 0.845. The van der Waals surface area contributed by atoms with Gasteiger partial charge in [0.05, 0.1) is 11.2 Å². The van der Waals surface area contributed by atoms with E-state index in [1.54, 1.807) is 62.1 Å². The molecule has 0 bridgehead atoms. The number of fused-ring (bicyclic) bond motifs is 1. The van der Waals surface area contributed by atoms with Crippen molar-refractivity contribution < 1.29 is 18.7 Å². The number of nitrogens with zero attached hydrogens (tertiary/aromatic N) is 1. The molecule has 1 saturated heterocycles. The fraction of sp³-hybridized carbons (Fsp3) is 0.481.